The van der Waals surface area contributed by atoms with Crippen molar-refractivity contribution in [3.63, 3.8) is 0 Å². The number of nitrogens with zero attached hydrogens (tertiary/aromatic N) is 5. The standard InChI is InChI=1S/C13H18N6O3/c1-5-8(2)14-11-15-12(21-4)17-13(16-11)22-9-6-7-10(20)19(3)18-9/h6-8H,5H2,1-4H3,(H,14,15,16,17)/t8-/m1/s1. The molecule has 0 fully saturated rings. The maximum absolute atomic E-state index is 11.3. The fourth-order valence-electron chi connectivity index (χ4n) is 1.49. The van der Waals surface area contributed by atoms with Gasteiger partial charge >= 0.3 is 12.0 Å². The Morgan fingerprint density at radius 2 is 2.00 bits per heavy atom. The van der Waals surface area contributed by atoms with Gasteiger partial charge in [0.1, 0.15) is 0 Å². The topological polar surface area (TPSA) is 104 Å². The molecule has 0 saturated heterocycles. The molecule has 118 valence electrons. The molecule has 0 unspecified atom stereocenters. The molecule has 9 heteroatoms. The zero-order valence-electron chi connectivity index (χ0n) is 12.9. The molecule has 2 heterocycles. The molecule has 0 aliphatic rings. The van der Waals surface area contributed by atoms with Gasteiger partial charge in [-0.1, -0.05) is 6.92 Å². The van der Waals surface area contributed by atoms with Crippen molar-refractivity contribution in [3.05, 3.63) is 22.5 Å². The summed E-state index contributed by atoms with van der Waals surface area (Å²) in [4.78, 5) is 23.6. The zero-order chi connectivity index (χ0) is 16.1. The van der Waals surface area contributed by atoms with Gasteiger partial charge in [0.2, 0.25) is 11.8 Å². The third-order valence-electron chi connectivity index (χ3n) is 2.90. The molecule has 0 aliphatic heterocycles. The highest BCUT2D eigenvalue weighted by atomic mass is 16.5. The highest BCUT2D eigenvalue weighted by Gasteiger charge is 2.11. The Balaban J connectivity index is 2.27. The Labute approximate surface area is 127 Å². The second-order valence-corrected chi connectivity index (χ2v) is 4.62. The van der Waals surface area contributed by atoms with Crippen LogP contribution in [0.25, 0.3) is 0 Å². The van der Waals surface area contributed by atoms with Crippen LogP contribution in [0.4, 0.5) is 5.95 Å². The summed E-state index contributed by atoms with van der Waals surface area (Å²) in [6.45, 7) is 4.05. The second kappa shape index (κ2) is 6.83. The van der Waals surface area contributed by atoms with E-state index < -0.39 is 0 Å². The van der Waals surface area contributed by atoms with Crippen LogP contribution >= 0.6 is 0 Å². The Morgan fingerprint density at radius 3 is 2.64 bits per heavy atom. The molecule has 0 aliphatic carbocycles. The van der Waals surface area contributed by atoms with E-state index in [9.17, 15) is 4.79 Å². The van der Waals surface area contributed by atoms with Crippen LogP contribution in [0.3, 0.4) is 0 Å². The fraction of sp³-hybridized carbons (Fsp3) is 0.462. The maximum atomic E-state index is 11.3. The molecule has 1 N–H and O–H groups in total. The van der Waals surface area contributed by atoms with Gasteiger partial charge in [0.25, 0.3) is 5.56 Å². The maximum Gasteiger partial charge on any atom is 0.331 e. The molecule has 1 atom stereocenters. The Morgan fingerprint density at radius 1 is 1.27 bits per heavy atom. The molecule has 22 heavy (non-hydrogen) atoms. The van der Waals surface area contributed by atoms with Crippen molar-refractivity contribution in [3.8, 4) is 17.9 Å². The molecule has 2 aromatic heterocycles. The first kappa shape index (κ1) is 15.7. The molecule has 0 amide bonds. The minimum Gasteiger partial charge on any atom is -0.467 e. The highest BCUT2D eigenvalue weighted by Crippen LogP contribution is 2.18. The van der Waals surface area contributed by atoms with E-state index in [-0.39, 0.29) is 29.5 Å². The van der Waals surface area contributed by atoms with Gasteiger partial charge in [-0.3, -0.25) is 4.79 Å². The Bertz CT molecular complexity index is 702. The summed E-state index contributed by atoms with van der Waals surface area (Å²) in [6, 6.07) is 3.14. The van der Waals surface area contributed by atoms with Gasteiger partial charge in [-0.25, -0.2) is 4.68 Å². The monoisotopic (exact) mass is 306 g/mol. The van der Waals surface area contributed by atoms with E-state index in [0.717, 1.165) is 11.1 Å². The van der Waals surface area contributed by atoms with E-state index >= 15 is 0 Å². The zero-order valence-corrected chi connectivity index (χ0v) is 12.9. The van der Waals surface area contributed by atoms with Gasteiger partial charge in [0.15, 0.2) is 0 Å². The molecule has 2 aromatic rings. The van der Waals surface area contributed by atoms with Gasteiger partial charge in [-0.05, 0) is 13.3 Å². The predicted octanol–water partition coefficient (Wildman–Crippen LogP) is 0.977. The number of anilines is 1. The van der Waals surface area contributed by atoms with Gasteiger partial charge in [-0.2, -0.15) is 9.97 Å². The quantitative estimate of drug-likeness (QED) is 0.842. The van der Waals surface area contributed by atoms with Crippen molar-refractivity contribution in [1.29, 1.82) is 0 Å². The minimum atomic E-state index is -0.236. The summed E-state index contributed by atoms with van der Waals surface area (Å²) in [5, 5.41) is 7.07. The summed E-state index contributed by atoms with van der Waals surface area (Å²) in [6.07, 6.45) is 0.909. The van der Waals surface area contributed by atoms with Crippen molar-refractivity contribution in [2.45, 2.75) is 26.3 Å². The van der Waals surface area contributed by atoms with Crippen molar-refractivity contribution in [2.75, 3.05) is 12.4 Å². The van der Waals surface area contributed by atoms with E-state index in [1.54, 1.807) is 0 Å². The molecule has 0 aromatic carbocycles. The van der Waals surface area contributed by atoms with Crippen molar-refractivity contribution >= 4 is 5.95 Å². The number of aryl methyl sites for hydroxylation is 1. The number of hydrogen-bond acceptors (Lipinski definition) is 8. The van der Waals surface area contributed by atoms with Crippen molar-refractivity contribution < 1.29 is 9.47 Å². The van der Waals surface area contributed by atoms with Crippen molar-refractivity contribution in [2.24, 2.45) is 7.05 Å². The number of hydrogen-bond donors (Lipinski definition) is 1. The SMILES string of the molecule is CC[C@@H](C)Nc1nc(OC)nc(Oc2ccc(=O)n(C)n2)n1. The Hall–Kier alpha value is -2.71. The Kier molecular flexibility index (Phi) is 4.87. The van der Waals surface area contributed by atoms with E-state index in [0.29, 0.717) is 5.95 Å². The lowest BCUT2D eigenvalue weighted by Gasteiger charge is -2.12. The van der Waals surface area contributed by atoms with E-state index in [4.69, 9.17) is 9.47 Å². The van der Waals surface area contributed by atoms with E-state index in [1.165, 1.54) is 26.3 Å². The lowest BCUT2D eigenvalue weighted by atomic mass is 10.3. The van der Waals surface area contributed by atoms with Crippen LogP contribution in [-0.4, -0.2) is 37.9 Å². The van der Waals surface area contributed by atoms with Crippen LogP contribution in [0, 0.1) is 0 Å². The van der Waals surface area contributed by atoms with Gasteiger partial charge in [0.05, 0.1) is 7.11 Å². The highest BCUT2D eigenvalue weighted by molar-refractivity contribution is 5.29. The molecule has 0 spiro atoms. The second-order valence-electron chi connectivity index (χ2n) is 4.62. The van der Waals surface area contributed by atoms with Crippen LogP contribution in [0.2, 0.25) is 0 Å². The average molecular weight is 306 g/mol. The molecule has 0 saturated carbocycles. The number of aromatic nitrogens is 5. The van der Waals surface area contributed by atoms with Crippen LogP contribution in [0.1, 0.15) is 20.3 Å². The third kappa shape index (κ3) is 3.90. The summed E-state index contributed by atoms with van der Waals surface area (Å²) >= 11 is 0. The van der Waals surface area contributed by atoms with Gasteiger partial charge in [0, 0.05) is 25.2 Å². The molecule has 0 radical (unpaired) electrons. The first-order chi connectivity index (χ1) is 10.5. The predicted molar refractivity (Wildman–Crippen MR) is 79.3 cm³/mol. The van der Waals surface area contributed by atoms with Crippen LogP contribution in [0.15, 0.2) is 16.9 Å². The lowest BCUT2D eigenvalue weighted by Crippen LogP contribution is -2.18. The minimum absolute atomic E-state index is 0.0313. The number of methoxy groups -OCH3 is 1. The van der Waals surface area contributed by atoms with Crippen LogP contribution < -0.4 is 20.3 Å². The van der Waals surface area contributed by atoms with Gasteiger partial charge in [-0.15, -0.1) is 10.1 Å². The first-order valence-electron chi connectivity index (χ1n) is 6.80. The summed E-state index contributed by atoms with van der Waals surface area (Å²) < 4.78 is 11.7. The fourth-order valence-corrected chi connectivity index (χ4v) is 1.49. The number of nitrogens with one attached hydrogen (secondary N) is 1. The number of rotatable bonds is 6. The summed E-state index contributed by atoms with van der Waals surface area (Å²) in [5.41, 5.74) is -0.236. The van der Waals surface area contributed by atoms with Crippen LogP contribution in [-0.2, 0) is 7.05 Å². The summed E-state index contributed by atoms with van der Waals surface area (Å²) in [5.74, 6) is 0.547. The first-order valence-corrected chi connectivity index (χ1v) is 6.80. The molecule has 2 rings (SSSR count). The number of ether oxygens (including phenoxy) is 2. The normalized spacial score (nSPS) is 11.8. The molecule has 9 nitrogen and oxygen atoms in total. The van der Waals surface area contributed by atoms with E-state index in [2.05, 4.69) is 25.4 Å². The van der Waals surface area contributed by atoms with Gasteiger partial charge < -0.3 is 14.8 Å². The molecular weight excluding hydrogens is 288 g/mol. The largest absolute Gasteiger partial charge is 0.467 e. The molecular formula is C13H18N6O3. The molecule has 0 bridgehead atoms. The van der Waals surface area contributed by atoms with Crippen LogP contribution in [0.5, 0.6) is 17.9 Å². The van der Waals surface area contributed by atoms with E-state index in [1.807, 2.05) is 13.8 Å². The third-order valence-corrected chi connectivity index (χ3v) is 2.90. The summed E-state index contributed by atoms with van der Waals surface area (Å²) in [7, 11) is 2.98. The lowest BCUT2D eigenvalue weighted by molar-refractivity contribution is 0.353. The van der Waals surface area contributed by atoms with Crippen molar-refractivity contribution in [1.82, 2.24) is 24.7 Å². The smallest absolute Gasteiger partial charge is 0.331 e. The average Bonchev–Trinajstić information content (AvgIpc) is 2.50.